The number of fused-ring (bicyclic) bond motifs is 1. The zero-order valence-electron chi connectivity index (χ0n) is 20.4. The van der Waals surface area contributed by atoms with Crippen LogP contribution in [0, 0.1) is 23.7 Å². The SMILES string of the molecule is CCc1cc2c(nc1Cl)CC(C(C)C1CCC1)C(C)C(=O)C(=NCc1ccc(S(N)(=O)=O)cc1)N2. The fraction of sp³-hybridized carbons (Fsp3) is 0.500. The lowest BCUT2D eigenvalue weighted by atomic mass is 9.66. The Bertz CT molecular complexity index is 1240. The van der Waals surface area contributed by atoms with Gasteiger partial charge < -0.3 is 5.32 Å². The van der Waals surface area contributed by atoms with Gasteiger partial charge >= 0.3 is 0 Å². The average Bonchev–Trinajstić information content (AvgIpc) is 2.78. The molecule has 2 heterocycles. The third-order valence-electron chi connectivity index (χ3n) is 7.72. The molecular weight excluding hydrogens is 484 g/mol. The van der Waals surface area contributed by atoms with E-state index in [2.05, 4.69) is 17.2 Å². The third-order valence-corrected chi connectivity index (χ3v) is 8.98. The molecule has 2 aromatic rings. The molecule has 3 unspecified atom stereocenters. The molecule has 9 heteroatoms. The van der Waals surface area contributed by atoms with Crippen LogP contribution in [0.5, 0.6) is 0 Å². The summed E-state index contributed by atoms with van der Waals surface area (Å²) in [6, 6.07) is 8.20. The monoisotopic (exact) mass is 516 g/mol. The van der Waals surface area contributed by atoms with Crippen molar-refractivity contribution in [2.24, 2.45) is 33.8 Å². The van der Waals surface area contributed by atoms with Gasteiger partial charge in [0.15, 0.2) is 5.84 Å². The van der Waals surface area contributed by atoms with Gasteiger partial charge in [-0.2, -0.15) is 0 Å². The number of nitrogens with two attached hydrogens (primary N) is 1. The van der Waals surface area contributed by atoms with Gasteiger partial charge in [0, 0.05) is 5.92 Å². The predicted octanol–water partition coefficient (Wildman–Crippen LogP) is 4.77. The van der Waals surface area contributed by atoms with Crippen molar-refractivity contribution in [3.63, 3.8) is 0 Å². The Morgan fingerprint density at radius 1 is 1.26 bits per heavy atom. The molecule has 1 saturated carbocycles. The highest BCUT2D eigenvalue weighted by molar-refractivity contribution is 7.89. The van der Waals surface area contributed by atoms with E-state index in [4.69, 9.17) is 21.7 Å². The molecule has 35 heavy (non-hydrogen) atoms. The van der Waals surface area contributed by atoms with Crippen LogP contribution in [0.25, 0.3) is 0 Å². The number of nitrogens with one attached hydrogen (secondary N) is 1. The van der Waals surface area contributed by atoms with E-state index in [1.807, 2.05) is 19.9 Å². The number of aromatic nitrogens is 1. The highest BCUT2D eigenvalue weighted by atomic mass is 35.5. The van der Waals surface area contributed by atoms with Gasteiger partial charge in [-0.05, 0) is 59.9 Å². The number of Topliss-reactive ketones (excluding diaryl/α,β-unsaturated/α-hetero) is 1. The Kier molecular flexibility index (Phi) is 7.64. The zero-order chi connectivity index (χ0) is 25.3. The first-order chi connectivity index (χ1) is 16.6. The lowest BCUT2D eigenvalue weighted by Crippen LogP contribution is -2.41. The second kappa shape index (κ2) is 10.4. The van der Waals surface area contributed by atoms with E-state index in [1.165, 1.54) is 31.4 Å². The lowest BCUT2D eigenvalue weighted by molar-refractivity contribution is -0.118. The first-order valence-corrected chi connectivity index (χ1v) is 14.2. The Balaban J connectivity index is 1.69. The molecule has 4 rings (SSSR count). The number of carbonyl (C=O) groups excluding carboxylic acids is 1. The van der Waals surface area contributed by atoms with Crippen molar-refractivity contribution < 1.29 is 13.2 Å². The second-order valence-corrected chi connectivity index (χ2v) is 11.8. The molecule has 1 fully saturated rings. The maximum Gasteiger partial charge on any atom is 0.238 e. The summed E-state index contributed by atoms with van der Waals surface area (Å²) in [4.78, 5) is 23.1. The van der Waals surface area contributed by atoms with E-state index in [0.29, 0.717) is 29.2 Å². The number of halogens is 1. The number of primary sulfonamides is 1. The van der Waals surface area contributed by atoms with E-state index in [-0.39, 0.29) is 29.1 Å². The molecule has 1 aromatic carbocycles. The minimum Gasteiger partial charge on any atom is -0.336 e. The molecule has 1 aliphatic heterocycles. The van der Waals surface area contributed by atoms with Gasteiger partial charge in [0.25, 0.3) is 0 Å². The van der Waals surface area contributed by atoms with Crippen LogP contribution in [0.2, 0.25) is 5.15 Å². The van der Waals surface area contributed by atoms with Crippen LogP contribution in [0.3, 0.4) is 0 Å². The number of pyridine rings is 1. The topological polar surface area (TPSA) is 115 Å². The summed E-state index contributed by atoms with van der Waals surface area (Å²) in [5.41, 5.74) is 3.34. The normalized spacial score (nSPS) is 23.1. The summed E-state index contributed by atoms with van der Waals surface area (Å²) < 4.78 is 23.1. The molecular formula is C26H33ClN4O3S. The number of amidine groups is 1. The van der Waals surface area contributed by atoms with Crippen molar-refractivity contribution in [2.45, 2.75) is 64.3 Å². The maximum absolute atomic E-state index is 13.6. The molecule has 0 bridgehead atoms. The van der Waals surface area contributed by atoms with Crippen molar-refractivity contribution in [2.75, 3.05) is 5.32 Å². The Labute approximate surface area is 212 Å². The number of benzene rings is 1. The fourth-order valence-corrected chi connectivity index (χ4v) is 5.91. The van der Waals surface area contributed by atoms with Crippen LogP contribution in [-0.2, 0) is 34.2 Å². The number of ketones is 1. The molecule has 3 atom stereocenters. The van der Waals surface area contributed by atoms with Crippen LogP contribution in [0.4, 0.5) is 5.69 Å². The Morgan fingerprint density at radius 3 is 2.51 bits per heavy atom. The third kappa shape index (κ3) is 5.60. The smallest absolute Gasteiger partial charge is 0.238 e. The molecule has 1 aliphatic carbocycles. The van der Waals surface area contributed by atoms with Crippen molar-refractivity contribution in [1.29, 1.82) is 0 Å². The van der Waals surface area contributed by atoms with E-state index in [0.717, 1.165) is 28.9 Å². The number of hydrogen-bond acceptors (Lipinski definition) is 5. The molecule has 3 N–H and O–H groups in total. The van der Waals surface area contributed by atoms with Gasteiger partial charge in [-0.1, -0.05) is 63.8 Å². The standard InChI is InChI=1S/C26H33ClN4O3S/c1-4-18-12-22-23(30-25(18)27)13-21(15(2)19-6-5-7-19)16(3)24(32)26(31-22)29-14-17-8-10-20(11-9-17)35(28,33)34/h8-12,15-16,19,21H,4-7,13-14H2,1-3H3,(H,29,31)(H2,28,33,34). The van der Waals surface area contributed by atoms with E-state index < -0.39 is 10.0 Å². The number of sulfonamides is 1. The first kappa shape index (κ1) is 25.8. The van der Waals surface area contributed by atoms with E-state index >= 15 is 0 Å². The molecule has 0 spiro atoms. The van der Waals surface area contributed by atoms with Crippen molar-refractivity contribution in [3.8, 4) is 0 Å². The van der Waals surface area contributed by atoms with Crippen molar-refractivity contribution in [1.82, 2.24) is 4.98 Å². The van der Waals surface area contributed by atoms with Crippen LogP contribution < -0.4 is 10.5 Å². The van der Waals surface area contributed by atoms with Crippen molar-refractivity contribution >= 4 is 38.9 Å². The first-order valence-electron chi connectivity index (χ1n) is 12.2. The number of nitrogens with zero attached hydrogens (tertiary/aromatic N) is 2. The Morgan fingerprint density at radius 2 is 1.94 bits per heavy atom. The minimum atomic E-state index is -3.76. The van der Waals surface area contributed by atoms with E-state index in [9.17, 15) is 13.2 Å². The number of carbonyl (C=O) groups is 1. The molecule has 188 valence electrons. The number of rotatable bonds is 6. The van der Waals surface area contributed by atoms with E-state index in [1.54, 1.807) is 12.1 Å². The van der Waals surface area contributed by atoms with Crippen molar-refractivity contribution in [3.05, 3.63) is 52.3 Å². The summed E-state index contributed by atoms with van der Waals surface area (Å²) >= 11 is 6.48. The molecule has 7 nitrogen and oxygen atoms in total. The van der Waals surface area contributed by atoms with Crippen LogP contribution in [0.15, 0.2) is 40.2 Å². The molecule has 0 amide bonds. The van der Waals surface area contributed by atoms with Crippen LogP contribution >= 0.6 is 11.6 Å². The van der Waals surface area contributed by atoms with Gasteiger partial charge in [-0.15, -0.1) is 0 Å². The molecule has 1 aromatic heterocycles. The summed E-state index contributed by atoms with van der Waals surface area (Å²) in [6.45, 7) is 6.50. The zero-order valence-corrected chi connectivity index (χ0v) is 22.0. The largest absolute Gasteiger partial charge is 0.336 e. The lowest BCUT2D eigenvalue weighted by Gasteiger charge is -2.40. The Hall–Kier alpha value is -2.29. The fourth-order valence-electron chi connectivity index (χ4n) is 5.11. The number of hydrogen-bond donors (Lipinski definition) is 2. The van der Waals surface area contributed by atoms with Gasteiger partial charge in [-0.3, -0.25) is 9.79 Å². The number of aryl methyl sites for hydroxylation is 1. The van der Waals surface area contributed by atoms with Crippen LogP contribution in [0.1, 0.15) is 56.9 Å². The second-order valence-electron chi connectivity index (χ2n) is 9.84. The van der Waals surface area contributed by atoms with Gasteiger partial charge in [-0.25, -0.2) is 18.5 Å². The van der Waals surface area contributed by atoms with Gasteiger partial charge in [0.05, 0.1) is 22.8 Å². The predicted molar refractivity (Wildman–Crippen MR) is 139 cm³/mol. The average molecular weight is 517 g/mol. The number of aliphatic imine (C=N–C) groups is 1. The maximum atomic E-state index is 13.6. The number of anilines is 1. The van der Waals surface area contributed by atoms with Crippen LogP contribution in [-0.4, -0.2) is 25.0 Å². The quantitative estimate of drug-likeness (QED) is 0.537. The molecule has 0 radical (unpaired) electrons. The highest BCUT2D eigenvalue weighted by Gasteiger charge is 2.39. The van der Waals surface area contributed by atoms with Gasteiger partial charge in [0.1, 0.15) is 5.15 Å². The highest BCUT2D eigenvalue weighted by Crippen LogP contribution is 2.42. The minimum absolute atomic E-state index is 0.0130. The summed E-state index contributed by atoms with van der Waals surface area (Å²) in [6.07, 6.45) is 5.10. The summed E-state index contributed by atoms with van der Waals surface area (Å²) in [7, 11) is -3.76. The molecule has 0 saturated heterocycles. The van der Waals surface area contributed by atoms with Gasteiger partial charge in [0.2, 0.25) is 15.8 Å². The summed E-state index contributed by atoms with van der Waals surface area (Å²) in [5, 5.41) is 8.97. The summed E-state index contributed by atoms with van der Waals surface area (Å²) in [5.74, 6) is 1.23. The molecule has 2 aliphatic rings.